The molecule has 274 valence electrons. The highest BCUT2D eigenvalue weighted by atomic mass is 19.4. The number of piperidine rings is 1. The third-order valence-corrected chi connectivity index (χ3v) is 9.29. The van der Waals surface area contributed by atoms with Crippen LogP contribution in [0.5, 0.6) is 0 Å². The molecule has 0 bridgehead atoms. The summed E-state index contributed by atoms with van der Waals surface area (Å²) in [5.41, 5.74) is -4.43. The molecule has 0 spiro atoms. The van der Waals surface area contributed by atoms with Gasteiger partial charge in [-0.3, -0.25) is 14.6 Å². The lowest BCUT2D eigenvalue weighted by molar-refractivity contribution is -0.510. The van der Waals surface area contributed by atoms with Crippen molar-refractivity contribution >= 4 is 5.91 Å². The zero-order valence-corrected chi connectivity index (χ0v) is 26.6. The minimum Gasteiger partial charge on any atom is -0.365 e. The molecule has 2 saturated heterocycles. The van der Waals surface area contributed by atoms with Crippen LogP contribution in [0.4, 0.5) is 30.7 Å². The Morgan fingerprint density at radius 3 is 1.86 bits per heavy atom. The second kappa shape index (κ2) is 13.0. The van der Waals surface area contributed by atoms with E-state index in [1.165, 1.54) is 18.7 Å². The Labute approximate surface area is 275 Å². The molecule has 2 aromatic rings. The second-order valence-corrected chi connectivity index (χ2v) is 12.4. The van der Waals surface area contributed by atoms with Gasteiger partial charge in [0.15, 0.2) is 6.35 Å². The summed E-state index contributed by atoms with van der Waals surface area (Å²) in [5.74, 6) is -12.7. The Hall–Kier alpha value is -2.98. The van der Waals surface area contributed by atoms with Crippen LogP contribution in [-0.2, 0) is 17.1 Å². The van der Waals surface area contributed by atoms with Crippen molar-refractivity contribution in [3.63, 3.8) is 0 Å². The Morgan fingerprint density at radius 1 is 0.898 bits per heavy atom. The van der Waals surface area contributed by atoms with Crippen LogP contribution >= 0.6 is 0 Å². The topological polar surface area (TPSA) is 172 Å². The van der Waals surface area contributed by atoms with Crippen molar-refractivity contribution in [2.45, 2.75) is 75.1 Å². The number of alkyl halides is 6. The van der Waals surface area contributed by atoms with Gasteiger partial charge in [0.25, 0.3) is 11.7 Å². The van der Waals surface area contributed by atoms with Crippen molar-refractivity contribution in [1.29, 1.82) is 0 Å². The first-order valence-electron chi connectivity index (χ1n) is 14.8. The fraction of sp³-hybridized carbons (Fsp3) is 0.567. The van der Waals surface area contributed by atoms with Crippen LogP contribution in [0.25, 0.3) is 0 Å². The van der Waals surface area contributed by atoms with E-state index in [4.69, 9.17) is 0 Å². The largest absolute Gasteiger partial charge is 0.416 e. The third kappa shape index (κ3) is 7.01. The summed E-state index contributed by atoms with van der Waals surface area (Å²) >= 11 is 0. The number of carbonyl (C=O) groups is 1. The molecular weight excluding hydrogens is 677 g/mol. The molecule has 49 heavy (non-hydrogen) atoms. The standard InChI is InChI=1S/C30H37F7N4O8/c1-15-11-21(31)5-6-22(15)23-26(44,45)24(40-9-7-39(8-10-40)17(3)42)27(46,47)30(48,49)41(23)25(43)38(4)16(2)18-12-19(28(32,33)34)14-20(13-18)29(35,36)37/h5-6,11-14,16,23-25,43-49H,7-10H2,1-4H3. The lowest BCUT2D eigenvalue weighted by atomic mass is 9.77. The highest BCUT2D eigenvalue weighted by Crippen LogP contribution is 2.51. The molecule has 2 aliphatic rings. The summed E-state index contributed by atoms with van der Waals surface area (Å²) in [6.45, 7) is 2.95. The number of piperazine rings is 1. The molecule has 19 heteroatoms. The van der Waals surface area contributed by atoms with Gasteiger partial charge in [-0.1, -0.05) is 6.07 Å². The first-order valence-corrected chi connectivity index (χ1v) is 14.8. The monoisotopic (exact) mass is 714 g/mol. The number of nitrogens with zero attached hydrogens (tertiary/aromatic N) is 4. The summed E-state index contributed by atoms with van der Waals surface area (Å²) in [5, 5.41) is 80.9. The molecule has 4 rings (SSSR count). The first kappa shape index (κ1) is 38.8. The lowest BCUT2D eigenvalue weighted by Crippen LogP contribution is -2.86. The summed E-state index contributed by atoms with van der Waals surface area (Å²) in [6.07, 6.45) is -13.1. The molecule has 4 unspecified atom stereocenters. The molecule has 2 aliphatic heterocycles. The van der Waals surface area contributed by atoms with E-state index in [9.17, 15) is 71.3 Å². The smallest absolute Gasteiger partial charge is 0.365 e. The summed E-state index contributed by atoms with van der Waals surface area (Å²) in [4.78, 5) is 14.9. The van der Waals surface area contributed by atoms with Gasteiger partial charge in [0.2, 0.25) is 11.7 Å². The molecule has 2 heterocycles. The number of hydrogen-bond donors (Lipinski definition) is 7. The Morgan fingerprint density at radius 2 is 1.41 bits per heavy atom. The second-order valence-electron chi connectivity index (χ2n) is 12.4. The molecule has 0 radical (unpaired) electrons. The average Bonchev–Trinajstić information content (AvgIpc) is 2.97. The molecule has 7 N–H and O–H groups in total. The summed E-state index contributed by atoms with van der Waals surface area (Å²) in [7, 11) is 0.924. The Kier molecular flexibility index (Phi) is 10.3. The Bertz CT molecular complexity index is 1510. The number of hydrogen-bond acceptors (Lipinski definition) is 11. The maximum atomic E-state index is 14.2. The van der Waals surface area contributed by atoms with Gasteiger partial charge in [0.1, 0.15) is 11.9 Å². The number of aliphatic hydroxyl groups is 7. The maximum absolute atomic E-state index is 14.2. The van der Waals surface area contributed by atoms with Gasteiger partial charge in [-0.25, -0.2) is 4.39 Å². The van der Waals surface area contributed by atoms with E-state index in [1.54, 1.807) is 0 Å². The maximum Gasteiger partial charge on any atom is 0.416 e. The van der Waals surface area contributed by atoms with Gasteiger partial charge < -0.3 is 40.6 Å². The number of aryl methyl sites for hydroxylation is 1. The molecule has 0 aliphatic carbocycles. The number of rotatable bonds is 6. The molecular formula is C30H37F7N4O8. The van der Waals surface area contributed by atoms with Crippen molar-refractivity contribution in [2.75, 3.05) is 33.2 Å². The normalized spacial score (nSPS) is 24.6. The summed E-state index contributed by atoms with van der Waals surface area (Å²) in [6, 6.07) is -3.02. The highest BCUT2D eigenvalue weighted by molar-refractivity contribution is 5.73. The zero-order chi connectivity index (χ0) is 37.2. The number of carbonyl (C=O) groups excluding carboxylic acids is 1. The van der Waals surface area contributed by atoms with Crippen molar-refractivity contribution in [2.24, 2.45) is 0 Å². The van der Waals surface area contributed by atoms with Gasteiger partial charge in [-0.15, -0.1) is 0 Å². The van der Waals surface area contributed by atoms with Crippen LogP contribution in [0.3, 0.4) is 0 Å². The SMILES string of the molecule is CC(=O)N1CCN(C2C(O)(O)C(c3ccc(F)cc3C)N(C(O)N(C)C(C)c3cc(C(F)(F)F)cc(C(F)(F)F)c3)C(O)(O)C2(O)O)CC1. The van der Waals surface area contributed by atoms with E-state index < -0.39 is 76.8 Å². The predicted molar refractivity (Wildman–Crippen MR) is 153 cm³/mol. The van der Waals surface area contributed by atoms with Crippen molar-refractivity contribution < 1.29 is 71.3 Å². The number of likely N-dealkylation sites (tertiary alicyclic amines) is 1. The van der Waals surface area contributed by atoms with E-state index >= 15 is 0 Å². The molecule has 1 amide bonds. The van der Waals surface area contributed by atoms with Gasteiger partial charge in [0, 0.05) is 39.1 Å². The fourth-order valence-corrected chi connectivity index (χ4v) is 6.49. The average molecular weight is 715 g/mol. The van der Waals surface area contributed by atoms with Gasteiger partial charge in [0.05, 0.1) is 17.2 Å². The van der Waals surface area contributed by atoms with Crippen LogP contribution in [0.1, 0.15) is 53.7 Å². The van der Waals surface area contributed by atoms with Gasteiger partial charge in [-0.05, 0) is 67.9 Å². The third-order valence-electron chi connectivity index (χ3n) is 9.29. The van der Waals surface area contributed by atoms with Crippen molar-refractivity contribution in [3.8, 4) is 0 Å². The van der Waals surface area contributed by atoms with Crippen LogP contribution in [0, 0.1) is 12.7 Å². The Balaban J connectivity index is 1.87. The van der Waals surface area contributed by atoms with Gasteiger partial charge in [-0.2, -0.15) is 31.2 Å². The quantitative estimate of drug-likeness (QED) is 0.169. The van der Waals surface area contributed by atoms with Crippen molar-refractivity contribution in [1.82, 2.24) is 19.6 Å². The predicted octanol–water partition coefficient (Wildman–Crippen LogP) is 1.03. The highest BCUT2D eigenvalue weighted by Gasteiger charge is 2.74. The van der Waals surface area contributed by atoms with E-state index in [0.29, 0.717) is 17.0 Å². The zero-order valence-electron chi connectivity index (χ0n) is 26.6. The molecule has 0 saturated carbocycles. The number of halogens is 7. The van der Waals surface area contributed by atoms with E-state index in [2.05, 4.69) is 0 Å². The molecule has 2 fully saturated rings. The number of aliphatic hydroxyl groups excluding tert-OH is 1. The first-order chi connectivity index (χ1) is 22.2. The molecule has 4 atom stereocenters. The summed E-state index contributed by atoms with van der Waals surface area (Å²) < 4.78 is 95.9. The molecule has 12 nitrogen and oxygen atoms in total. The van der Waals surface area contributed by atoms with E-state index in [1.807, 2.05) is 0 Å². The van der Waals surface area contributed by atoms with Crippen LogP contribution < -0.4 is 0 Å². The van der Waals surface area contributed by atoms with Crippen LogP contribution in [0.15, 0.2) is 36.4 Å². The van der Waals surface area contributed by atoms with Gasteiger partial charge >= 0.3 is 12.4 Å². The van der Waals surface area contributed by atoms with Crippen LogP contribution in [-0.4, -0.2) is 124 Å². The van der Waals surface area contributed by atoms with E-state index in [0.717, 1.165) is 37.1 Å². The molecule has 0 aromatic heterocycles. The molecule has 2 aromatic carbocycles. The lowest BCUT2D eigenvalue weighted by Gasteiger charge is -2.62. The number of benzene rings is 2. The van der Waals surface area contributed by atoms with Crippen molar-refractivity contribution in [3.05, 3.63) is 70.0 Å². The van der Waals surface area contributed by atoms with E-state index in [-0.39, 0.29) is 54.2 Å². The minimum absolute atomic E-state index is 0.00959. The fourth-order valence-electron chi connectivity index (χ4n) is 6.49. The van der Waals surface area contributed by atoms with Crippen LogP contribution in [0.2, 0.25) is 0 Å². The minimum atomic E-state index is -5.23. The number of amides is 1.